The maximum absolute atomic E-state index is 14.0. The summed E-state index contributed by atoms with van der Waals surface area (Å²) in [5, 5.41) is 11.6. The van der Waals surface area contributed by atoms with Gasteiger partial charge in [0.15, 0.2) is 0 Å². The number of hydrogen-bond donors (Lipinski definition) is 1. The fourth-order valence-corrected chi connectivity index (χ4v) is 4.45. The van der Waals surface area contributed by atoms with Gasteiger partial charge in [-0.1, -0.05) is 43.0 Å². The van der Waals surface area contributed by atoms with E-state index in [1.54, 1.807) is 18.2 Å². The molecule has 5 heteroatoms. The SMILES string of the molecule is CN(C)Cc1cc(F)ccc1C(c1ccc(F)c(Cl)c1)C1(O)CCCCC1. The molecule has 2 aromatic rings. The monoisotopic (exact) mass is 393 g/mol. The lowest BCUT2D eigenvalue weighted by molar-refractivity contribution is -0.0113. The van der Waals surface area contributed by atoms with E-state index in [9.17, 15) is 13.9 Å². The Balaban J connectivity index is 2.16. The third-order valence-electron chi connectivity index (χ3n) is 5.44. The first-order valence-electron chi connectivity index (χ1n) is 9.40. The van der Waals surface area contributed by atoms with Crippen LogP contribution in [0.2, 0.25) is 5.02 Å². The van der Waals surface area contributed by atoms with E-state index in [4.69, 9.17) is 11.6 Å². The summed E-state index contributed by atoms with van der Waals surface area (Å²) in [5.74, 6) is -1.17. The number of aliphatic hydroxyl groups is 1. The van der Waals surface area contributed by atoms with Crippen molar-refractivity contribution in [2.24, 2.45) is 0 Å². The van der Waals surface area contributed by atoms with Crippen molar-refractivity contribution in [3.8, 4) is 0 Å². The molecular weight excluding hydrogens is 368 g/mol. The molecule has 0 heterocycles. The van der Waals surface area contributed by atoms with Crippen molar-refractivity contribution in [1.82, 2.24) is 4.90 Å². The van der Waals surface area contributed by atoms with Gasteiger partial charge in [-0.05, 0) is 67.9 Å². The number of halogens is 3. The molecule has 0 aliphatic heterocycles. The van der Waals surface area contributed by atoms with Crippen LogP contribution in [0.1, 0.15) is 54.7 Å². The maximum Gasteiger partial charge on any atom is 0.141 e. The van der Waals surface area contributed by atoms with Crippen LogP contribution >= 0.6 is 11.6 Å². The largest absolute Gasteiger partial charge is 0.389 e. The summed E-state index contributed by atoms with van der Waals surface area (Å²) in [7, 11) is 3.85. The summed E-state index contributed by atoms with van der Waals surface area (Å²) in [6.07, 6.45) is 4.28. The molecule has 1 unspecified atom stereocenters. The van der Waals surface area contributed by atoms with Gasteiger partial charge in [-0.25, -0.2) is 8.78 Å². The van der Waals surface area contributed by atoms with Crippen molar-refractivity contribution >= 4 is 11.6 Å². The zero-order valence-electron chi connectivity index (χ0n) is 15.8. The van der Waals surface area contributed by atoms with Crippen molar-refractivity contribution < 1.29 is 13.9 Å². The molecule has 2 aromatic carbocycles. The fourth-order valence-electron chi connectivity index (χ4n) is 4.26. The summed E-state index contributed by atoms with van der Waals surface area (Å²) in [6.45, 7) is 0.550. The Kier molecular flexibility index (Phi) is 6.19. The summed E-state index contributed by atoms with van der Waals surface area (Å²) < 4.78 is 27.7. The standard InChI is InChI=1S/C22H26ClF2NO/c1-26(2)14-16-12-17(24)7-8-18(16)21(22(27)10-4-3-5-11-22)15-6-9-20(25)19(23)13-15/h6-9,12-13,21,27H,3-5,10-11,14H2,1-2H3. The molecule has 1 fully saturated rings. The number of benzene rings is 2. The minimum Gasteiger partial charge on any atom is -0.389 e. The molecule has 1 N–H and O–H groups in total. The van der Waals surface area contributed by atoms with Crippen molar-refractivity contribution in [2.75, 3.05) is 14.1 Å². The van der Waals surface area contributed by atoms with Gasteiger partial charge in [-0.2, -0.15) is 0 Å². The van der Waals surface area contributed by atoms with Crippen LogP contribution in [-0.4, -0.2) is 29.7 Å². The minimum absolute atomic E-state index is 0.0354. The molecule has 0 radical (unpaired) electrons. The van der Waals surface area contributed by atoms with E-state index in [0.29, 0.717) is 19.4 Å². The highest BCUT2D eigenvalue weighted by molar-refractivity contribution is 6.30. The molecule has 1 saturated carbocycles. The highest BCUT2D eigenvalue weighted by Gasteiger charge is 2.40. The summed E-state index contributed by atoms with van der Waals surface area (Å²) in [6, 6.07) is 9.32. The lowest BCUT2D eigenvalue weighted by atomic mass is 9.69. The molecule has 1 aliphatic carbocycles. The normalized spacial score (nSPS) is 17.9. The van der Waals surface area contributed by atoms with Gasteiger partial charge in [0.25, 0.3) is 0 Å². The van der Waals surface area contributed by atoms with Crippen LogP contribution in [0.15, 0.2) is 36.4 Å². The Hall–Kier alpha value is -1.49. The van der Waals surface area contributed by atoms with Gasteiger partial charge < -0.3 is 10.0 Å². The maximum atomic E-state index is 14.0. The van der Waals surface area contributed by atoms with E-state index in [1.807, 2.05) is 19.0 Å². The van der Waals surface area contributed by atoms with E-state index >= 15 is 0 Å². The third-order valence-corrected chi connectivity index (χ3v) is 5.73. The lowest BCUT2D eigenvalue weighted by Crippen LogP contribution is -2.39. The second kappa shape index (κ2) is 8.26. The van der Waals surface area contributed by atoms with Gasteiger partial charge in [-0.3, -0.25) is 0 Å². The van der Waals surface area contributed by atoms with Gasteiger partial charge in [0.05, 0.1) is 10.6 Å². The molecule has 0 aromatic heterocycles. The van der Waals surface area contributed by atoms with Gasteiger partial charge in [0.1, 0.15) is 11.6 Å². The number of hydrogen-bond acceptors (Lipinski definition) is 2. The first kappa shape index (κ1) is 20.2. The third kappa shape index (κ3) is 4.50. The number of rotatable bonds is 5. The smallest absolute Gasteiger partial charge is 0.141 e. The summed E-state index contributed by atoms with van der Waals surface area (Å²) in [4.78, 5) is 1.97. The second-order valence-corrected chi connectivity index (χ2v) is 8.26. The van der Waals surface area contributed by atoms with Gasteiger partial charge in [0, 0.05) is 12.5 Å². The lowest BCUT2D eigenvalue weighted by Gasteiger charge is -2.41. The van der Waals surface area contributed by atoms with Crippen LogP contribution in [0.3, 0.4) is 0 Å². The first-order valence-corrected chi connectivity index (χ1v) is 9.78. The molecule has 146 valence electrons. The zero-order valence-corrected chi connectivity index (χ0v) is 16.6. The second-order valence-electron chi connectivity index (χ2n) is 7.85. The van der Waals surface area contributed by atoms with Gasteiger partial charge in [-0.15, -0.1) is 0 Å². The Morgan fingerprint density at radius 1 is 1.07 bits per heavy atom. The Bertz CT molecular complexity index is 803. The van der Waals surface area contributed by atoms with Crippen LogP contribution in [0, 0.1) is 11.6 Å². The highest BCUT2D eigenvalue weighted by atomic mass is 35.5. The Morgan fingerprint density at radius 3 is 2.41 bits per heavy atom. The molecule has 0 spiro atoms. The molecule has 0 saturated heterocycles. The Morgan fingerprint density at radius 2 is 1.78 bits per heavy atom. The van der Waals surface area contributed by atoms with Crippen LogP contribution in [-0.2, 0) is 6.54 Å². The van der Waals surface area contributed by atoms with Crippen molar-refractivity contribution in [1.29, 1.82) is 0 Å². The van der Waals surface area contributed by atoms with Gasteiger partial charge >= 0.3 is 0 Å². The Labute approximate surface area is 164 Å². The first-order chi connectivity index (χ1) is 12.8. The van der Waals surface area contributed by atoms with Crippen molar-refractivity contribution in [2.45, 2.75) is 50.2 Å². The zero-order chi connectivity index (χ0) is 19.6. The quantitative estimate of drug-likeness (QED) is 0.724. The van der Waals surface area contributed by atoms with E-state index < -0.39 is 11.4 Å². The molecule has 27 heavy (non-hydrogen) atoms. The van der Waals surface area contributed by atoms with Crippen LogP contribution < -0.4 is 0 Å². The molecule has 1 aliphatic rings. The fraction of sp³-hybridized carbons (Fsp3) is 0.455. The molecule has 2 nitrogen and oxygen atoms in total. The minimum atomic E-state index is -0.960. The van der Waals surface area contributed by atoms with Crippen LogP contribution in [0.4, 0.5) is 8.78 Å². The van der Waals surface area contributed by atoms with E-state index in [-0.39, 0.29) is 16.8 Å². The predicted molar refractivity (Wildman–Crippen MR) is 105 cm³/mol. The molecule has 0 amide bonds. The molecule has 3 rings (SSSR count). The van der Waals surface area contributed by atoms with Crippen LogP contribution in [0.25, 0.3) is 0 Å². The van der Waals surface area contributed by atoms with E-state index in [0.717, 1.165) is 36.0 Å². The predicted octanol–water partition coefficient (Wildman–Crippen LogP) is 5.51. The van der Waals surface area contributed by atoms with E-state index in [1.165, 1.54) is 18.2 Å². The van der Waals surface area contributed by atoms with Crippen LogP contribution in [0.5, 0.6) is 0 Å². The number of nitrogens with zero attached hydrogens (tertiary/aromatic N) is 1. The average Bonchev–Trinajstić information content (AvgIpc) is 2.60. The summed E-state index contributed by atoms with van der Waals surface area (Å²) in [5.41, 5.74) is 1.50. The molecule has 1 atom stereocenters. The molecule has 0 bridgehead atoms. The van der Waals surface area contributed by atoms with Crippen molar-refractivity contribution in [3.63, 3.8) is 0 Å². The topological polar surface area (TPSA) is 23.5 Å². The molecular formula is C22H26ClF2NO. The van der Waals surface area contributed by atoms with E-state index in [2.05, 4.69) is 0 Å². The highest BCUT2D eigenvalue weighted by Crippen LogP contribution is 2.45. The van der Waals surface area contributed by atoms with Gasteiger partial charge in [0.2, 0.25) is 0 Å². The summed E-state index contributed by atoms with van der Waals surface area (Å²) >= 11 is 6.05. The average molecular weight is 394 g/mol. The van der Waals surface area contributed by atoms with Crippen molar-refractivity contribution in [3.05, 3.63) is 69.7 Å².